The van der Waals surface area contributed by atoms with Gasteiger partial charge in [-0.3, -0.25) is 0 Å². The van der Waals surface area contributed by atoms with Crippen molar-refractivity contribution in [3.8, 4) is 0 Å². The Bertz CT molecular complexity index is 491. The van der Waals surface area contributed by atoms with Crippen LogP contribution in [-0.2, 0) is 4.74 Å². The second kappa shape index (κ2) is 8.38. The summed E-state index contributed by atoms with van der Waals surface area (Å²) in [5.41, 5.74) is 11.0. The molecule has 0 spiro atoms. The van der Waals surface area contributed by atoms with Crippen LogP contribution in [0.4, 0.5) is 20.6 Å². The summed E-state index contributed by atoms with van der Waals surface area (Å²) in [7, 11) is 0. The van der Waals surface area contributed by atoms with Gasteiger partial charge in [0.15, 0.2) is 0 Å². The van der Waals surface area contributed by atoms with Gasteiger partial charge in [0.05, 0.1) is 15.8 Å². The predicted molar refractivity (Wildman–Crippen MR) is 94.6 cm³/mol. The van der Waals surface area contributed by atoms with Gasteiger partial charge >= 0.3 is 6.09 Å². The van der Waals surface area contributed by atoms with Crippen molar-refractivity contribution in [2.75, 3.05) is 24.6 Å². The van der Waals surface area contributed by atoms with Crippen molar-refractivity contribution in [1.29, 1.82) is 0 Å². The standard InChI is InChI=1S/C10H19NO2.C6H6BrFN2/c1-10(2,3)13-9(12)11-7-5-4-6-8-11;7-3-1-5(9)6(10)2-4(3)8/h4-8H2,1-3H3;1-2H,9-10H2. The quantitative estimate of drug-likeness (QED) is 0.652. The maximum Gasteiger partial charge on any atom is 0.410 e. The number of rotatable bonds is 0. The average molecular weight is 390 g/mol. The van der Waals surface area contributed by atoms with Crippen molar-refractivity contribution in [2.45, 2.75) is 45.6 Å². The van der Waals surface area contributed by atoms with Gasteiger partial charge in [0.25, 0.3) is 0 Å². The van der Waals surface area contributed by atoms with Gasteiger partial charge < -0.3 is 21.1 Å². The predicted octanol–water partition coefficient (Wildman–Crippen LogP) is 4.16. The molecule has 130 valence electrons. The minimum absolute atomic E-state index is 0.160. The lowest BCUT2D eigenvalue weighted by Crippen LogP contribution is -2.39. The lowest BCUT2D eigenvalue weighted by Gasteiger charge is -2.29. The van der Waals surface area contributed by atoms with Crippen molar-refractivity contribution in [3.63, 3.8) is 0 Å². The molecular weight excluding hydrogens is 365 g/mol. The number of hydrogen-bond acceptors (Lipinski definition) is 4. The number of benzene rings is 1. The van der Waals surface area contributed by atoms with Crippen molar-refractivity contribution in [1.82, 2.24) is 4.90 Å². The van der Waals surface area contributed by atoms with Gasteiger partial charge in [-0.1, -0.05) is 0 Å². The zero-order chi connectivity index (χ0) is 17.6. The molecule has 2 rings (SSSR count). The summed E-state index contributed by atoms with van der Waals surface area (Å²) in [5, 5.41) is 0. The van der Waals surface area contributed by atoms with Gasteiger partial charge in [0.1, 0.15) is 11.4 Å². The van der Waals surface area contributed by atoms with Crippen LogP contribution in [0.2, 0.25) is 0 Å². The Kier molecular flexibility index (Phi) is 7.12. The molecule has 0 aromatic heterocycles. The van der Waals surface area contributed by atoms with Crippen molar-refractivity contribution < 1.29 is 13.9 Å². The third-order valence-electron chi connectivity index (χ3n) is 3.13. The van der Waals surface area contributed by atoms with Gasteiger partial charge in [-0.25, -0.2) is 9.18 Å². The van der Waals surface area contributed by atoms with Crippen molar-refractivity contribution in [3.05, 3.63) is 22.4 Å². The first kappa shape index (κ1) is 19.5. The largest absolute Gasteiger partial charge is 0.444 e. The Morgan fingerprint density at radius 1 is 1.17 bits per heavy atom. The fourth-order valence-corrected chi connectivity index (χ4v) is 2.34. The second-order valence-electron chi connectivity index (χ2n) is 6.42. The van der Waals surface area contributed by atoms with Crippen molar-refractivity contribution in [2.24, 2.45) is 0 Å². The molecule has 0 radical (unpaired) electrons. The van der Waals surface area contributed by atoms with Crippen LogP contribution in [0.25, 0.3) is 0 Å². The van der Waals surface area contributed by atoms with E-state index >= 15 is 0 Å². The number of anilines is 2. The Morgan fingerprint density at radius 3 is 2.17 bits per heavy atom. The molecule has 0 bridgehead atoms. The zero-order valence-electron chi connectivity index (χ0n) is 13.9. The number of nitrogen functional groups attached to an aromatic ring is 2. The molecule has 4 N–H and O–H groups in total. The van der Waals surface area contributed by atoms with E-state index in [0.717, 1.165) is 25.9 Å². The van der Waals surface area contributed by atoms with Gasteiger partial charge in [-0.2, -0.15) is 0 Å². The first-order valence-electron chi connectivity index (χ1n) is 7.58. The molecule has 0 aliphatic carbocycles. The summed E-state index contributed by atoms with van der Waals surface area (Å²) < 4.78 is 18.2. The van der Waals surface area contributed by atoms with E-state index in [1.54, 1.807) is 4.90 Å². The summed E-state index contributed by atoms with van der Waals surface area (Å²) in [6.45, 7) is 7.41. The third kappa shape index (κ3) is 7.07. The SMILES string of the molecule is CC(C)(C)OC(=O)N1CCCCC1.Nc1cc(F)c(Br)cc1N. The number of carbonyl (C=O) groups is 1. The molecule has 1 aromatic rings. The number of likely N-dealkylation sites (tertiary alicyclic amines) is 1. The highest BCUT2D eigenvalue weighted by atomic mass is 79.9. The lowest BCUT2D eigenvalue weighted by molar-refractivity contribution is 0.0216. The van der Waals surface area contributed by atoms with E-state index in [2.05, 4.69) is 15.9 Å². The molecule has 1 saturated heterocycles. The minimum Gasteiger partial charge on any atom is -0.444 e. The Hall–Kier alpha value is -1.50. The van der Waals surface area contributed by atoms with Crippen LogP contribution in [0, 0.1) is 5.82 Å². The number of halogens is 2. The van der Waals surface area contributed by atoms with E-state index in [1.807, 2.05) is 20.8 Å². The molecule has 1 aliphatic heterocycles. The first-order valence-corrected chi connectivity index (χ1v) is 8.37. The van der Waals surface area contributed by atoms with E-state index in [1.165, 1.54) is 18.6 Å². The molecule has 0 saturated carbocycles. The maximum atomic E-state index is 12.6. The van der Waals surface area contributed by atoms with Crippen molar-refractivity contribution >= 4 is 33.4 Å². The van der Waals surface area contributed by atoms with Crippen LogP contribution >= 0.6 is 15.9 Å². The van der Waals surface area contributed by atoms with E-state index < -0.39 is 5.82 Å². The molecule has 1 fully saturated rings. The van der Waals surface area contributed by atoms with Gasteiger partial charge in [-0.05, 0) is 62.0 Å². The lowest BCUT2D eigenvalue weighted by atomic mass is 10.1. The number of hydrogen-bond donors (Lipinski definition) is 2. The summed E-state index contributed by atoms with van der Waals surface area (Å²) in [6, 6.07) is 2.62. The van der Waals surface area contributed by atoms with E-state index in [4.69, 9.17) is 16.2 Å². The highest BCUT2D eigenvalue weighted by Gasteiger charge is 2.22. The third-order valence-corrected chi connectivity index (χ3v) is 3.74. The average Bonchev–Trinajstić information content (AvgIpc) is 2.45. The topological polar surface area (TPSA) is 81.6 Å². The van der Waals surface area contributed by atoms with Crippen LogP contribution in [0.5, 0.6) is 0 Å². The van der Waals surface area contributed by atoms with E-state index in [9.17, 15) is 9.18 Å². The Morgan fingerprint density at radius 2 is 1.70 bits per heavy atom. The molecule has 1 heterocycles. The second-order valence-corrected chi connectivity index (χ2v) is 7.28. The van der Waals surface area contributed by atoms with Gasteiger partial charge in [-0.15, -0.1) is 0 Å². The summed E-state index contributed by atoms with van der Waals surface area (Å²) in [6.07, 6.45) is 3.30. The number of amides is 1. The number of nitrogens with two attached hydrogens (primary N) is 2. The highest BCUT2D eigenvalue weighted by molar-refractivity contribution is 9.10. The normalized spacial score (nSPS) is 14.7. The first-order chi connectivity index (χ1) is 10.6. The minimum atomic E-state index is -0.397. The summed E-state index contributed by atoms with van der Waals surface area (Å²) in [5.74, 6) is -0.397. The monoisotopic (exact) mass is 389 g/mol. The molecule has 1 aromatic carbocycles. The summed E-state index contributed by atoms with van der Waals surface area (Å²) >= 11 is 2.97. The molecule has 5 nitrogen and oxygen atoms in total. The van der Waals surface area contributed by atoms with E-state index in [0.29, 0.717) is 10.2 Å². The van der Waals surface area contributed by atoms with Crippen LogP contribution in [0.1, 0.15) is 40.0 Å². The maximum absolute atomic E-state index is 12.6. The highest BCUT2D eigenvalue weighted by Crippen LogP contribution is 2.23. The molecule has 23 heavy (non-hydrogen) atoms. The van der Waals surface area contributed by atoms with Crippen LogP contribution < -0.4 is 11.5 Å². The van der Waals surface area contributed by atoms with Crippen LogP contribution in [0.3, 0.4) is 0 Å². The van der Waals surface area contributed by atoms with E-state index in [-0.39, 0.29) is 17.4 Å². The fourth-order valence-electron chi connectivity index (χ4n) is 1.98. The van der Waals surface area contributed by atoms with Gasteiger partial charge in [0, 0.05) is 19.2 Å². The Labute approximate surface area is 145 Å². The van der Waals surface area contributed by atoms with Crippen LogP contribution in [-0.4, -0.2) is 29.7 Å². The zero-order valence-corrected chi connectivity index (χ0v) is 15.5. The number of nitrogens with zero attached hydrogens (tertiary/aromatic N) is 1. The fraction of sp³-hybridized carbons (Fsp3) is 0.562. The van der Waals surface area contributed by atoms with Gasteiger partial charge in [0.2, 0.25) is 0 Å². The molecule has 0 unspecified atom stereocenters. The molecule has 7 heteroatoms. The molecule has 1 amide bonds. The Balaban J connectivity index is 0.000000238. The van der Waals surface area contributed by atoms with Crippen LogP contribution in [0.15, 0.2) is 16.6 Å². The number of carbonyl (C=O) groups excluding carboxylic acids is 1. The molecule has 1 aliphatic rings. The summed E-state index contributed by atoms with van der Waals surface area (Å²) in [4.78, 5) is 13.3. The molecular formula is C16H25BrFN3O2. The number of piperidine rings is 1. The smallest absolute Gasteiger partial charge is 0.410 e. The number of ether oxygens (including phenoxy) is 1. The molecule has 0 atom stereocenters.